The average Bonchev–Trinajstić information content (AvgIpc) is 2.32. The topological polar surface area (TPSA) is 63.7 Å². The predicted octanol–water partition coefficient (Wildman–Crippen LogP) is -0.690. The van der Waals surface area contributed by atoms with Gasteiger partial charge in [-0.1, -0.05) is 0 Å². The van der Waals surface area contributed by atoms with Gasteiger partial charge in [0, 0.05) is 12.3 Å². The van der Waals surface area contributed by atoms with Gasteiger partial charge in [-0.05, 0) is 0 Å². The minimum absolute atomic E-state index is 0.0208. The number of carbonyl (C=O) groups is 3. The molecule has 0 aromatic heterocycles. The molecule has 12 heavy (non-hydrogen) atoms. The van der Waals surface area contributed by atoms with Crippen LogP contribution < -0.4 is 0 Å². The van der Waals surface area contributed by atoms with Gasteiger partial charge in [-0.15, -0.1) is 0 Å². The fraction of sp³-hybridized carbons (Fsp3) is 0. The van der Waals surface area contributed by atoms with E-state index in [0.29, 0.717) is 0 Å². The van der Waals surface area contributed by atoms with Crippen LogP contribution in [0, 0.1) is 0 Å². The summed E-state index contributed by atoms with van der Waals surface area (Å²) in [5.74, 6) is -2.11. The molecule has 0 N–H and O–H groups in total. The zero-order valence-electron chi connectivity index (χ0n) is 5.81. The van der Waals surface area contributed by atoms with Crippen LogP contribution >= 0.6 is 0 Å². The zero-order valence-corrected chi connectivity index (χ0v) is 5.81. The number of amides is 1. The van der Waals surface area contributed by atoms with E-state index < -0.39 is 17.7 Å². The molecule has 0 saturated carbocycles. The first-order chi connectivity index (χ1) is 5.70. The number of ether oxygens (including phenoxy) is 1. The molecule has 0 fully saturated rings. The molecule has 2 aliphatic heterocycles. The maximum absolute atomic E-state index is 11.0. The number of hydrogen-bond acceptors (Lipinski definition) is 4. The van der Waals surface area contributed by atoms with Crippen molar-refractivity contribution < 1.29 is 19.1 Å². The Morgan fingerprint density at radius 2 is 2.00 bits per heavy atom. The Morgan fingerprint density at radius 3 is 2.67 bits per heavy atom. The number of fused-ring (bicyclic) bond motifs is 1. The molecule has 0 spiro atoms. The highest BCUT2D eigenvalue weighted by Gasteiger charge is 2.36. The first-order valence-electron chi connectivity index (χ1n) is 3.17. The number of esters is 1. The summed E-state index contributed by atoms with van der Waals surface area (Å²) in [6.07, 6.45) is 3.27. The van der Waals surface area contributed by atoms with Gasteiger partial charge in [-0.2, -0.15) is 0 Å². The van der Waals surface area contributed by atoms with Gasteiger partial charge in [0.2, 0.25) is 5.78 Å². The Kier molecular flexibility index (Phi) is 1.15. The summed E-state index contributed by atoms with van der Waals surface area (Å²) in [6, 6.07) is 0. The molecule has 2 rings (SSSR count). The molecule has 0 bridgehead atoms. The summed E-state index contributed by atoms with van der Waals surface area (Å²) in [5.41, 5.74) is -0.0208. The van der Waals surface area contributed by atoms with E-state index in [1.807, 2.05) is 0 Å². The van der Waals surface area contributed by atoms with Crippen LogP contribution in [-0.2, 0) is 19.1 Å². The van der Waals surface area contributed by atoms with Crippen LogP contribution in [0.2, 0.25) is 0 Å². The van der Waals surface area contributed by atoms with Crippen LogP contribution in [0.25, 0.3) is 0 Å². The van der Waals surface area contributed by atoms with E-state index in [1.54, 1.807) is 0 Å². The summed E-state index contributed by atoms with van der Waals surface area (Å²) >= 11 is 0. The van der Waals surface area contributed by atoms with E-state index in [1.165, 1.54) is 6.20 Å². The third-order valence-electron chi connectivity index (χ3n) is 1.55. The van der Waals surface area contributed by atoms with E-state index in [4.69, 9.17) is 0 Å². The van der Waals surface area contributed by atoms with E-state index >= 15 is 0 Å². The third kappa shape index (κ3) is 0.701. The van der Waals surface area contributed by atoms with Gasteiger partial charge in [0.25, 0.3) is 0 Å². The first-order valence-corrected chi connectivity index (χ1v) is 3.17. The van der Waals surface area contributed by atoms with Gasteiger partial charge in [0.15, 0.2) is 0 Å². The second-order valence-corrected chi connectivity index (χ2v) is 2.26. The Morgan fingerprint density at radius 1 is 1.25 bits per heavy atom. The smallest absolute Gasteiger partial charge is 0.360 e. The SMILES string of the molecule is O=C1C=C2C(=O)OC=CN2C1=O. The van der Waals surface area contributed by atoms with Crippen molar-refractivity contribution in [2.75, 3.05) is 0 Å². The Bertz CT molecular complexity index is 352. The average molecular weight is 165 g/mol. The standard InChI is InChI=1S/C7H3NO4/c9-5-3-4-7(11)12-2-1-8(4)6(5)10/h1-3H. The number of cyclic esters (lactones) is 1. The van der Waals surface area contributed by atoms with E-state index in [2.05, 4.69) is 4.74 Å². The molecule has 0 aliphatic carbocycles. The van der Waals surface area contributed by atoms with Gasteiger partial charge in [0.05, 0.1) is 0 Å². The molecule has 0 atom stereocenters. The van der Waals surface area contributed by atoms with Gasteiger partial charge in [-0.3, -0.25) is 14.5 Å². The molecule has 5 heteroatoms. The van der Waals surface area contributed by atoms with Crippen molar-refractivity contribution in [2.24, 2.45) is 0 Å². The van der Waals surface area contributed by atoms with Crippen LogP contribution in [-0.4, -0.2) is 22.6 Å². The molecule has 0 aromatic carbocycles. The van der Waals surface area contributed by atoms with Crippen LogP contribution in [0.3, 0.4) is 0 Å². The monoisotopic (exact) mass is 165 g/mol. The summed E-state index contributed by atoms with van der Waals surface area (Å²) < 4.78 is 4.45. The van der Waals surface area contributed by atoms with Crippen LogP contribution in [0.4, 0.5) is 0 Å². The quantitative estimate of drug-likeness (QED) is 0.352. The predicted molar refractivity (Wildman–Crippen MR) is 35.2 cm³/mol. The Balaban J connectivity index is 2.50. The fourth-order valence-electron chi connectivity index (χ4n) is 1.00. The van der Waals surface area contributed by atoms with Crippen LogP contribution in [0.1, 0.15) is 0 Å². The normalized spacial score (nSPS) is 20.8. The van der Waals surface area contributed by atoms with Gasteiger partial charge in [0.1, 0.15) is 12.0 Å². The Labute approximate surface area is 66.9 Å². The Hall–Kier alpha value is -1.91. The minimum Gasteiger partial charge on any atom is -0.428 e. The minimum atomic E-state index is -0.724. The zero-order chi connectivity index (χ0) is 8.72. The van der Waals surface area contributed by atoms with E-state index in [0.717, 1.165) is 17.2 Å². The van der Waals surface area contributed by atoms with E-state index in [-0.39, 0.29) is 5.70 Å². The van der Waals surface area contributed by atoms with Crippen molar-refractivity contribution in [3.63, 3.8) is 0 Å². The summed E-state index contributed by atoms with van der Waals surface area (Å²) in [4.78, 5) is 33.6. The van der Waals surface area contributed by atoms with Crippen molar-refractivity contribution in [3.8, 4) is 0 Å². The lowest BCUT2D eigenvalue weighted by molar-refractivity contribution is -0.142. The number of nitrogens with zero attached hydrogens (tertiary/aromatic N) is 1. The second-order valence-electron chi connectivity index (χ2n) is 2.26. The van der Waals surface area contributed by atoms with Gasteiger partial charge in [-0.25, -0.2) is 4.79 Å². The molecule has 0 aromatic rings. The van der Waals surface area contributed by atoms with Crippen molar-refractivity contribution in [1.29, 1.82) is 0 Å². The molecule has 0 saturated heterocycles. The van der Waals surface area contributed by atoms with Crippen molar-refractivity contribution in [1.82, 2.24) is 4.90 Å². The summed E-state index contributed by atoms with van der Waals surface area (Å²) in [6.45, 7) is 0. The highest BCUT2D eigenvalue weighted by atomic mass is 16.5. The molecule has 0 unspecified atom stereocenters. The molecular weight excluding hydrogens is 162 g/mol. The number of carbonyl (C=O) groups excluding carboxylic acids is 3. The maximum atomic E-state index is 11.0. The summed E-state index contributed by atoms with van der Waals surface area (Å²) in [5, 5.41) is 0. The maximum Gasteiger partial charge on any atom is 0.360 e. The fourth-order valence-corrected chi connectivity index (χ4v) is 1.00. The van der Waals surface area contributed by atoms with Gasteiger partial charge < -0.3 is 4.74 Å². The largest absolute Gasteiger partial charge is 0.428 e. The number of hydrogen-bond donors (Lipinski definition) is 0. The summed E-state index contributed by atoms with van der Waals surface area (Å²) in [7, 11) is 0. The van der Waals surface area contributed by atoms with Gasteiger partial charge >= 0.3 is 11.9 Å². The lowest BCUT2D eigenvalue weighted by Crippen LogP contribution is -2.29. The molecule has 1 amide bonds. The molecular formula is C7H3NO4. The first kappa shape index (κ1) is 6.78. The molecule has 2 aliphatic rings. The van der Waals surface area contributed by atoms with Crippen molar-refractivity contribution in [2.45, 2.75) is 0 Å². The molecule has 0 radical (unpaired) electrons. The van der Waals surface area contributed by atoms with Crippen LogP contribution in [0.15, 0.2) is 24.2 Å². The third-order valence-corrected chi connectivity index (χ3v) is 1.55. The highest BCUT2D eigenvalue weighted by molar-refractivity contribution is 6.45. The molecule has 5 nitrogen and oxygen atoms in total. The van der Waals surface area contributed by atoms with Crippen molar-refractivity contribution >= 4 is 17.7 Å². The molecule has 2 heterocycles. The molecule has 60 valence electrons. The highest BCUT2D eigenvalue weighted by Crippen LogP contribution is 2.19. The number of rotatable bonds is 0. The van der Waals surface area contributed by atoms with Crippen LogP contribution in [0.5, 0.6) is 0 Å². The number of ketones is 1. The van der Waals surface area contributed by atoms with Crippen molar-refractivity contribution in [3.05, 3.63) is 24.2 Å². The lowest BCUT2D eigenvalue weighted by atomic mass is 10.4. The lowest BCUT2D eigenvalue weighted by Gasteiger charge is -2.16. The second kappa shape index (κ2) is 2.04. The van der Waals surface area contributed by atoms with E-state index in [9.17, 15) is 14.4 Å².